The molecule has 0 bridgehead atoms. The average Bonchev–Trinajstić information content (AvgIpc) is 3.56. The second kappa shape index (κ2) is 11.4. The SMILES string of the molecule is [2H]C([2H])([2H])N1[CH-]N(c2[c-]c(Oc3[c-]c4c(cc3)c3ccccc3n4-c3cc(C(C)(C)C)ccn3)ccc2)c2ccc(C(C)(C)C)cc21.[Pt]. The molecule has 1 aliphatic rings. The maximum atomic E-state index is 8.21. The molecular weight excluding hydrogens is 736 g/mol. The topological polar surface area (TPSA) is 33.5 Å². The van der Waals surface area contributed by atoms with Crippen molar-refractivity contribution in [3.63, 3.8) is 0 Å². The molecule has 0 saturated carbocycles. The number of aromatic nitrogens is 2. The molecule has 6 aromatic rings. The van der Waals surface area contributed by atoms with Gasteiger partial charge in [-0.2, -0.15) is 18.8 Å². The molecule has 232 valence electrons. The first kappa shape index (κ1) is 27.2. The predicted molar refractivity (Wildman–Crippen MR) is 181 cm³/mol. The van der Waals surface area contributed by atoms with E-state index in [2.05, 4.69) is 94.6 Å². The summed E-state index contributed by atoms with van der Waals surface area (Å²) in [5, 5.41) is 2.16. The summed E-state index contributed by atoms with van der Waals surface area (Å²) < 4.78 is 33.2. The molecule has 2 aromatic heterocycles. The average molecular weight is 776 g/mol. The maximum absolute atomic E-state index is 8.21. The largest absolute Gasteiger partial charge is 0.509 e. The van der Waals surface area contributed by atoms with Gasteiger partial charge in [-0.15, -0.1) is 41.4 Å². The quantitative estimate of drug-likeness (QED) is 0.167. The summed E-state index contributed by atoms with van der Waals surface area (Å²) in [6, 6.07) is 35.0. The van der Waals surface area contributed by atoms with Gasteiger partial charge >= 0.3 is 0 Å². The first-order chi connectivity index (χ1) is 22.2. The predicted octanol–water partition coefficient (Wildman–Crippen LogP) is 9.87. The Kier molecular flexibility index (Phi) is 6.89. The van der Waals surface area contributed by atoms with Gasteiger partial charge in [0, 0.05) is 59.8 Å². The van der Waals surface area contributed by atoms with Gasteiger partial charge in [0.15, 0.2) is 0 Å². The first-order valence-electron chi connectivity index (χ1n) is 16.4. The molecule has 4 aromatic carbocycles. The smallest absolute Gasteiger partial charge is 0.135 e. The van der Waals surface area contributed by atoms with Crippen LogP contribution >= 0.6 is 0 Å². The number of para-hydroxylation sites is 1. The van der Waals surface area contributed by atoms with E-state index < -0.39 is 6.98 Å². The van der Waals surface area contributed by atoms with Crippen LogP contribution in [0.3, 0.4) is 0 Å². The molecule has 0 saturated heterocycles. The summed E-state index contributed by atoms with van der Waals surface area (Å²) in [5.74, 6) is 1.84. The molecule has 0 aliphatic carbocycles. The number of hydrogen-bond acceptors (Lipinski definition) is 4. The Morgan fingerprint density at radius 3 is 2.29 bits per heavy atom. The number of nitrogens with zero attached hydrogens (tertiary/aromatic N) is 4. The Labute approximate surface area is 284 Å². The van der Waals surface area contributed by atoms with Crippen molar-refractivity contribution in [3.8, 4) is 17.3 Å². The molecular formula is C39H37N4OPt-3. The van der Waals surface area contributed by atoms with Gasteiger partial charge in [-0.05, 0) is 64.7 Å². The van der Waals surface area contributed by atoms with Crippen LogP contribution in [0.2, 0.25) is 0 Å². The molecule has 0 amide bonds. The third-order valence-electron chi connectivity index (χ3n) is 8.22. The third kappa shape index (κ3) is 5.64. The number of anilines is 3. The molecule has 5 nitrogen and oxygen atoms in total. The van der Waals surface area contributed by atoms with Crippen molar-refractivity contribution < 1.29 is 29.9 Å². The van der Waals surface area contributed by atoms with E-state index in [1.165, 1.54) is 10.5 Å². The number of ether oxygens (including phenoxy) is 1. The molecule has 3 heterocycles. The van der Waals surface area contributed by atoms with Crippen LogP contribution in [0.25, 0.3) is 27.6 Å². The van der Waals surface area contributed by atoms with Gasteiger partial charge in [0.1, 0.15) is 5.82 Å². The van der Waals surface area contributed by atoms with Crippen molar-refractivity contribution in [2.45, 2.75) is 52.4 Å². The number of benzene rings is 4. The minimum atomic E-state index is -2.35. The van der Waals surface area contributed by atoms with Gasteiger partial charge in [-0.25, -0.2) is 4.98 Å². The fourth-order valence-corrected chi connectivity index (χ4v) is 5.75. The summed E-state index contributed by atoms with van der Waals surface area (Å²) in [7, 11) is 0. The first-order valence-corrected chi connectivity index (χ1v) is 14.9. The fourth-order valence-electron chi connectivity index (χ4n) is 5.75. The van der Waals surface area contributed by atoms with Crippen LogP contribution in [0, 0.1) is 18.8 Å². The van der Waals surface area contributed by atoms with Crippen LogP contribution in [0.5, 0.6) is 11.5 Å². The van der Waals surface area contributed by atoms with E-state index in [9.17, 15) is 0 Å². The maximum Gasteiger partial charge on any atom is 0.135 e. The van der Waals surface area contributed by atoms with Crippen molar-refractivity contribution in [2.75, 3.05) is 16.8 Å². The molecule has 0 radical (unpaired) electrons. The van der Waals surface area contributed by atoms with Crippen molar-refractivity contribution in [1.29, 1.82) is 0 Å². The van der Waals surface area contributed by atoms with Gasteiger partial charge in [0.25, 0.3) is 0 Å². The van der Waals surface area contributed by atoms with Crippen molar-refractivity contribution in [1.82, 2.24) is 9.55 Å². The van der Waals surface area contributed by atoms with Crippen LogP contribution < -0.4 is 14.5 Å². The van der Waals surface area contributed by atoms with Gasteiger partial charge in [-0.3, -0.25) is 0 Å². The fraction of sp³-hybridized carbons (Fsp3) is 0.231. The van der Waals surface area contributed by atoms with Gasteiger partial charge in [-0.1, -0.05) is 71.3 Å². The van der Waals surface area contributed by atoms with E-state index in [0.29, 0.717) is 22.9 Å². The van der Waals surface area contributed by atoms with E-state index >= 15 is 0 Å². The molecule has 6 heteroatoms. The van der Waals surface area contributed by atoms with Crippen LogP contribution in [-0.4, -0.2) is 16.5 Å². The van der Waals surface area contributed by atoms with E-state index in [4.69, 9.17) is 13.8 Å². The molecule has 0 N–H and O–H groups in total. The Balaban J connectivity index is 0.00000401. The third-order valence-corrected chi connectivity index (χ3v) is 8.22. The summed E-state index contributed by atoms with van der Waals surface area (Å²) in [6.07, 6.45) is 1.86. The zero-order valence-corrected chi connectivity index (χ0v) is 28.5. The standard InChI is InChI=1S/C39H37N4O.Pt/c1-38(2,3)26-15-18-34-36(21-26)41(7)25-42(34)28-11-10-12-29(23-28)44-30-16-17-32-31-13-8-9-14-33(31)43(35(32)24-30)37-22-27(19-20-40-37)39(4,5)6;/h8-22,25H,1-7H3;/q-3;/i7D3;. The summed E-state index contributed by atoms with van der Waals surface area (Å²) >= 11 is 0. The zero-order chi connectivity index (χ0) is 33.3. The number of hydrogen-bond donors (Lipinski definition) is 0. The summed E-state index contributed by atoms with van der Waals surface area (Å²) in [5.41, 5.74) is 6.07. The second-order valence-corrected chi connectivity index (χ2v) is 13.4. The van der Waals surface area contributed by atoms with E-state index in [1.54, 1.807) is 6.67 Å². The van der Waals surface area contributed by atoms with Gasteiger partial charge in [0.05, 0.1) is 0 Å². The monoisotopic (exact) mass is 775 g/mol. The minimum Gasteiger partial charge on any atom is -0.509 e. The Bertz CT molecular complexity index is 2140. The van der Waals surface area contributed by atoms with Crippen LogP contribution in [0.4, 0.5) is 17.1 Å². The number of pyridine rings is 1. The van der Waals surface area contributed by atoms with Crippen LogP contribution in [-0.2, 0) is 31.9 Å². The molecule has 0 spiro atoms. The van der Waals surface area contributed by atoms with Crippen molar-refractivity contribution in [2.24, 2.45) is 0 Å². The number of fused-ring (bicyclic) bond motifs is 4. The van der Waals surface area contributed by atoms with E-state index in [1.807, 2.05) is 59.6 Å². The molecule has 45 heavy (non-hydrogen) atoms. The van der Waals surface area contributed by atoms with Crippen LogP contribution in [0.15, 0.2) is 91.1 Å². The minimum absolute atomic E-state index is 0. The van der Waals surface area contributed by atoms with E-state index in [-0.39, 0.29) is 31.9 Å². The Morgan fingerprint density at radius 2 is 1.51 bits per heavy atom. The number of rotatable bonds is 4. The van der Waals surface area contributed by atoms with Gasteiger partial charge < -0.3 is 19.1 Å². The Hall–Kier alpha value is -4.08. The molecule has 0 unspecified atom stereocenters. The van der Waals surface area contributed by atoms with Crippen molar-refractivity contribution >= 4 is 38.9 Å². The van der Waals surface area contributed by atoms with Crippen LogP contribution in [0.1, 0.15) is 56.8 Å². The molecule has 7 rings (SSSR count). The van der Waals surface area contributed by atoms with Crippen molar-refractivity contribution in [3.05, 3.63) is 121 Å². The molecule has 0 fully saturated rings. The molecule has 0 atom stereocenters. The second-order valence-electron chi connectivity index (χ2n) is 13.4. The summed E-state index contributed by atoms with van der Waals surface area (Å²) in [4.78, 5) is 7.96. The normalized spacial score (nSPS) is 14.6. The molecule has 1 aliphatic heterocycles. The van der Waals surface area contributed by atoms with E-state index in [0.717, 1.165) is 38.9 Å². The Morgan fingerprint density at radius 1 is 0.756 bits per heavy atom. The summed E-state index contributed by atoms with van der Waals surface area (Å²) in [6.45, 7) is 12.2. The van der Waals surface area contributed by atoms with Gasteiger partial charge in [0.2, 0.25) is 0 Å². The zero-order valence-electron chi connectivity index (χ0n) is 29.3.